The van der Waals surface area contributed by atoms with Crippen molar-refractivity contribution in [3.63, 3.8) is 0 Å². The number of likely N-dealkylation sites (N-methyl/N-ethyl adjacent to an activating group) is 2. The van der Waals surface area contributed by atoms with E-state index in [2.05, 4.69) is 18.0 Å². The van der Waals surface area contributed by atoms with Gasteiger partial charge in [0.1, 0.15) is 11.9 Å². The van der Waals surface area contributed by atoms with E-state index in [0.717, 1.165) is 40.2 Å². The molecule has 0 saturated carbocycles. The summed E-state index contributed by atoms with van der Waals surface area (Å²) in [6.45, 7) is 3.32. The molecule has 0 spiro atoms. The maximum atomic E-state index is 12.7. The normalized spacial score (nSPS) is 21.2. The van der Waals surface area contributed by atoms with Gasteiger partial charge in [-0.05, 0) is 31.4 Å². The molecule has 1 aromatic carbocycles. The van der Waals surface area contributed by atoms with Crippen molar-refractivity contribution in [3.05, 3.63) is 29.6 Å². The van der Waals surface area contributed by atoms with Crippen LogP contribution in [0.2, 0.25) is 0 Å². The number of aryl methyl sites for hydroxylation is 1. The Morgan fingerprint density at radius 2 is 1.93 bits per heavy atom. The van der Waals surface area contributed by atoms with E-state index in [1.165, 1.54) is 11.9 Å². The molecular weight excluding hydrogens is 358 g/mol. The zero-order chi connectivity index (χ0) is 20.0. The first kappa shape index (κ1) is 18.5. The molecule has 1 N–H and O–H groups in total. The van der Waals surface area contributed by atoms with Crippen LogP contribution < -0.4 is 0 Å². The van der Waals surface area contributed by atoms with E-state index in [1.54, 1.807) is 11.9 Å². The second-order valence-electron chi connectivity index (χ2n) is 7.76. The molecule has 8 heteroatoms. The van der Waals surface area contributed by atoms with E-state index >= 15 is 0 Å². The summed E-state index contributed by atoms with van der Waals surface area (Å²) in [7, 11) is 3.02. The summed E-state index contributed by atoms with van der Waals surface area (Å²) in [5.74, 6) is 0.884. The topological polar surface area (TPSA) is 89.6 Å². The third kappa shape index (κ3) is 3.02. The summed E-state index contributed by atoms with van der Waals surface area (Å²) in [6, 6.07) is 5.05. The minimum Gasteiger partial charge on any atom is -0.343 e. The quantitative estimate of drug-likeness (QED) is 0.820. The number of para-hydroxylation sites is 1. The first-order valence-electron chi connectivity index (χ1n) is 9.64. The van der Waals surface area contributed by atoms with Crippen LogP contribution in [0.1, 0.15) is 36.6 Å². The molecule has 2 aliphatic heterocycles. The fourth-order valence-corrected chi connectivity index (χ4v) is 4.16. The highest BCUT2D eigenvalue weighted by molar-refractivity contribution is 6.05. The number of nitrogens with one attached hydrogen (secondary N) is 1. The Bertz CT molecular complexity index is 944. The average molecular weight is 383 g/mol. The molecule has 0 radical (unpaired) electrons. The highest BCUT2D eigenvalue weighted by Gasteiger charge is 2.42. The van der Waals surface area contributed by atoms with E-state index in [1.807, 2.05) is 12.1 Å². The maximum Gasteiger partial charge on any atom is 0.326 e. The van der Waals surface area contributed by atoms with Gasteiger partial charge in [-0.2, -0.15) is 0 Å². The number of carbonyl (C=O) groups is 3. The van der Waals surface area contributed by atoms with Crippen molar-refractivity contribution in [1.82, 2.24) is 24.7 Å². The summed E-state index contributed by atoms with van der Waals surface area (Å²) in [5, 5.41) is 0. The number of urea groups is 1. The number of H-pyrrole nitrogens is 1. The highest BCUT2D eigenvalue weighted by Crippen LogP contribution is 2.29. The standard InChI is InChI=1S/C20H25N5O3/c1-12-5-4-6-14-17(12)22-18(21-14)13-7-9-25(10-8-13)16(26)11-15-19(27)24(3)20(28)23(15)2/h4-6,13,15H,7-11H2,1-3H3,(H,21,22). The van der Waals surface area contributed by atoms with Crippen molar-refractivity contribution < 1.29 is 14.4 Å². The molecule has 2 saturated heterocycles. The Morgan fingerprint density at radius 3 is 2.54 bits per heavy atom. The Labute approximate surface area is 163 Å². The van der Waals surface area contributed by atoms with Gasteiger partial charge in [-0.3, -0.25) is 14.5 Å². The van der Waals surface area contributed by atoms with Crippen molar-refractivity contribution in [1.29, 1.82) is 0 Å². The van der Waals surface area contributed by atoms with Gasteiger partial charge in [0, 0.05) is 33.1 Å². The maximum absolute atomic E-state index is 12.7. The van der Waals surface area contributed by atoms with Crippen molar-refractivity contribution in [2.75, 3.05) is 27.2 Å². The molecule has 1 unspecified atom stereocenters. The third-order valence-corrected chi connectivity index (χ3v) is 6.01. The lowest BCUT2D eigenvalue weighted by Gasteiger charge is -2.32. The number of aromatic nitrogens is 2. The van der Waals surface area contributed by atoms with Crippen LogP contribution in [0.25, 0.3) is 11.0 Å². The number of imide groups is 1. The molecular formula is C20H25N5O3. The number of fused-ring (bicyclic) bond motifs is 1. The first-order chi connectivity index (χ1) is 13.4. The smallest absolute Gasteiger partial charge is 0.326 e. The predicted molar refractivity (Wildman–Crippen MR) is 104 cm³/mol. The summed E-state index contributed by atoms with van der Waals surface area (Å²) in [5.41, 5.74) is 3.20. The van der Waals surface area contributed by atoms with Crippen LogP contribution in [0, 0.1) is 6.92 Å². The largest absolute Gasteiger partial charge is 0.343 e. The van der Waals surface area contributed by atoms with Crippen LogP contribution in [0.4, 0.5) is 4.79 Å². The number of carbonyl (C=O) groups excluding carboxylic acids is 3. The molecule has 3 heterocycles. The Balaban J connectivity index is 1.38. The number of nitrogens with zero attached hydrogens (tertiary/aromatic N) is 4. The van der Waals surface area contributed by atoms with Crippen molar-refractivity contribution in [2.24, 2.45) is 0 Å². The van der Waals surface area contributed by atoms with Gasteiger partial charge in [-0.25, -0.2) is 9.78 Å². The van der Waals surface area contributed by atoms with E-state index in [9.17, 15) is 14.4 Å². The average Bonchev–Trinajstić information content (AvgIpc) is 3.21. The molecule has 4 amide bonds. The monoisotopic (exact) mass is 383 g/mol. The molecule has 2 aliphatic rings. The van der Waals surface area contributed by atoms with E-state index in [-0.39, 0.29) is 24.3 Å². The number of rotatable bonds is 3. The van der Waals surface area contributed by atoms with Crippen LogP contribution in [0.5, 0.6) is 0 Å². The molecule has 148 valence electrons. The zero-order valence-corrected chi connectivity index (χ0v) is 16.4. The number of amides is 4. The van der Waals surface area contributed by atoms with Crippen LogP contribution in [-0.4, -0.2) is 75.7 Å². The van der Waals surface area contributed by atoms with E-state index < -0.39 is 6.04 Å². The molecule has 2 aromatic rings. The molecule has 8 nitrogen and oxygen atoms in total. The summed E-state index contributed by atoms with van der Waals surface area (Å²) in [6.07, 6.45) is 1.70. The summed E-state index contributed by atoms with van der Waals surface area (Å²) < 4.78 is 0. The molecule has 0 aliphatic carbocycles. The minimum atomic E-state index is -0.693. The lowest BCUT2D eigenvalue weighted by atomic mass is 9.95. The van der Waals surface area contributed by atoms with Crippen molar-refractivity contribution >= 4 is 28.9 Å². The summed E-state index contributed by atoms with van der Waals surface area (Å²) >= 11 is 0. The molecule has 2 fully saturated rings. The number of likely N-dealkylation sites (tertiary alicyclic amines) is 1. The van der Waals surface area contributed by atoms with Gasteiger partial charge in [-0.15, -0.1) is 0 Å². The second-order valence-corrected chi connectivity index (χ2v) is 7.76. The molecule has 1 atom stereocenters. The fourth-order valence-electron chi connectivity index (χ4n) is 4.16. The van der Waals surface area contributed by atoms with E-state index in [4.69, 9.17) is 4.98 Å². The Morgan fingerprint density at radius 1 is 1.21 bits per heavy atom. The molecule has 0 bridgehead atoms. The van der Waals surface area contributed by atoms with Crippen LogP contribution in [-0.2, 0) is 9.59 Å². The van der Waals surface area contributed by atoms with Gasteiger partial charge in [0.25, 0.3) is 5.91 Å². The van der Waals surface area contributed by atoms with Gasteiger partial charge in [0.15, 0.2) is 0 Å². The number of hydrogen-bond donors (Lipinski definition) is 1. The lowest BCUT2D eigenvalue weighted by molar-refractivity contribution is -0.137. The van der Waals surface area contributed by atoms with Gasteiger partial charge in [-0.1, -0.05) is 12.1 Å². The van der Waals surface area contributed by atoms with E-state index in [0.29, 0.717) is 19.0 Å². The fraction of sp³-hybridized carbons (Fsp3) is 0.500. The number of hydrogen-bond acceptors (Lipinski definition) is 4. The summed E-state index contributed by atoms with van der Waals surface area (Å²) in [4.78, 5) is 49.2. The van der Waals surface area contributed by atoms with Crippen molar-refractivity contribution in [3.8, 4) is 0 Å². The zero-order valence-electron chi connectivity index (χ0n) is 16.4. The molecule has 4 rings (SSSR count). The van der Waals surface area contributed by atoms with Gasteiger partial charge in [0.2, 0.25) is 5.91 Å². The Kier molecular flexibility index (Phi) is 4.56. The number of aromatic amines is 1. The van der Waals surface area contributed by atoms with Gasteiger partial charge >= 0.3 is 6.03 Å². The molecule has 1 aromatic heterocycles. The highest BCUT2D eigenvalue weighted by atomic mass is 16.2. The van der Waals surface area contributed by atoms with Crippen LogP contribution in [0.3, 0.4) is 0 Å². The second kappa shape index (κ2) is 6.92. The first-order valence-corrected chi connectivity index (χ1v) is 9.64. The number of imidazole rings is 1. The lowest BCUT2D eigenvalue weighted by Crippen LogP contribution is -2.42. The van der Waals surface area contributed by atoms with Crippen LogP contribution in [0.15, 0.2) is 18.2 Å². The van der Waals surface area contributed by atoms with Gasteiger partial charge < -0.3 is 14.8 Å². The predicted octanol–water partition coefficient (Wildman–Crippen LogP) is 1.86. The van der Waals surface area contributed by atoms with Crippen molar-refractivity contribution in [2.45, 2.75) is 38.1 Å². The SMILES string of the molecule is Cc1cccc2[nH]c(C3CCN(C(=O)CC4C(=O)N(C)C(=O)N4C)CC3)nc12. The third-order valence-electron chi connectivity index (χ3n) is 6.01. The number of benzene rings is 1. The number of piperidine rings is 1. The molecule has 28 heavy (non-hydrogen) atoms. The van der Waals surface area contributed by atoms with Crippen LogP contribution >= 0.6 is 0 Å². The Hall–Kier alpha value is -2.90. The minimum absolute atomic E-state index is 0.0416. The van der Waals surface area contributed by atoms with Gasteiger partial charge in [0.05, 0.1) is 17.5 Å².